The molecule has 0 aliphatic heterocycles. The molecule has 3 aromatic rings. The molecule has 2 N–H and O–H groups in total. The third-order valence-corrected chi connectivity index (χ3v) is 3.57. The van der Waals surface area contributed by atoms with Gasteiger partial charge in [0.1, 0.15) is 11.9 Å². The normalized spacial score (nSPS) is 12.5. The fourth-order valence-electron chi connectivity index (χ4n) is 2.52. The van der Waals surface area contributed by atoms with Gasteiger partial charge in [-0.1, -0.05) is 31.2 Å². The maximum atomic E-state index is 10.7. The summed E-state index contributed by atoms with van der Waals surface area (Å²) in [5, 5.41) is 11.7. The Bertz CT molecular complexity index is 733. The second kappa shape index (κ2) is 6.02. The van der Waals surface area contributed by atoms with Crippen LogP contribution in [0.5, 0.6) is 5.75 Å². The Labute approximate surface area is 124 Å². The number of aromatic amines is 1. The number of aliphatic hydroxyl groups is 1. The molecular weight excluding hydrogens is 262 g/mol. The van der Waals surface area contributed by atoms with Crippen molar-refractivity contribution in [3.63, 3.8) is 0 Å². The number of H-pyrrole nitrogens is 1. The van der Waals surface area contributed by atoms with Crippen molar-refractivity contribution in [2.45, 2.75) is 19.4 Å². The smallest absolute Gasteiger partial charge is 0.119 e. The maximum Gasteiger partial charge on any atom is 0.119 e. The molecule has 3 rings (SSSR count). The number of hydrogen-bond donors (Lipinski definition) is 2. The lowest BCUT2D eigenvalue weighted by Crippen LogP contribution is -2.01. The number of aliphatic hydroxyl groups excluding tert-OH is 1. The molecule has 0 saturated heterocycles. The fourth-order valence-corrected chi connectivity index (χ4v) is 2.52. The van der Waals surface area contributed by atoms with Gasteiger partial charge in [-0.3, -0.25) is 0 Å². The van der Waals surface area contributed by atoms with Crippen LogP contribution in [0.4, 0.5) is 0 Å². The van der Waals surface area contributed by atoms with Crippen LogP contribution in [-0.2, 0) is 0 Å². The first-order valence-corrected chi connectivity index (χ1v) is 7.26. The first-order valence-electron chi connectivity index (χ1n) is 7.26. The van der Waals surface area contributed by atoms with Crippen molar-refractivity contribution in [3.05, 3.63) is 65.9 Å². The van der Waals surface area contributed by atoms with Gasteiger partial charge in [0.15, 0.2) is 0 Å². The molecule has 1 heterocycles. The number of ether oxygens (including phenoxy) is 1. The van der Waals surface area contributed by atoms with Gasteiger partial charge in [-0.2, -0.15) is 0 Å². The standard InChI is InChI=1S/C18H19NO2/c1-2-11-21-14-6-3-5-13(12-14)18(20)16-7-4-8-17-15(16)9-10-19-17/h3-10,12,18-20H,2,11H2,1H3. The van der Waals surface area contributed by atoms with Crippen molar-refractivity contribution in [1.82, 2.24) is 4.98 Å². The summed E-state index contributed by atoms with van der Waals surface area (Å²) in [5.74, 6) is 0.801. The minimum Gasteiger partial charge on any atom is -0.494 e. The lowest BCUT2D eigenvalue weighted by atomic mass is 9.98. The van der Waals surface area contributed by atoms with Crippen molar-refractivity contribution in [2.75, 3.05) is 6.61 Å². The molecule has 1 atom stereocenters. The second-order valence-electron chi connectivity index (χ2n) is 5.11. The molecule has 0 bridgehead atoms. The van der Waals surface area contributed by atoms with Gasteiger partial charge in [0, 0.05) is 17.1 Å². The average molecular weight is 281 g/mol. The van der Waals surface area contributed by atoms with Gasteiger partial charge in [0.05, 0.1) is 6.61 Å². The van der Waals surface area contributed by atoms with E-state index in [1.807, 2.05) is 54.7 Å². The number of nitrogens with one attached hydrogen (secondary N) is 1. The van der Waals surface area contributed by atoms with E-state index in [1.165, 1.54) is 0 Å². The van der Waals surface area contributed by atoms with E-state index in [9.17, 15) is 5.11 Å². The van der Waals surface area contributed by atoms with E-state index >= 15 is 0 Å². The highest BCUT2D eigenvalue weighted by Crippen LogP contribution is 2.30. The minimum absolute atomic E-state index is 0.658. The van der Waals surface area contributed by atoms with Crippen LogP contribution in [0, 0.1) is 0 Å². The van der Waals surface area contributed by atoms with Crippen molar-refractivity contribution in [3.8, 4) is 5.75 Å². The zero-order valence-electron chi connectivity index (χ0n) is 12.0. The summed E-state index contributed by atoms with van der Waals surface area (Å²) >= 11 is 0. The third kappa shape index (κ3) is 2.78. The monoisotopic (exact) mass is 281 g/mol. The first-order chi connectivity index (χ1) is 10.3. The number of hydrogen-bond acceptors (Lipinski definition) is 2. The quantitative estimate of drug-likeness (QED) is 0.741. The summed E-state index contributed by atoms with van der Waals surface area (Å²) in [6.45, 7) is 2.76. The summed E-state index contributed by atoms with van der Waals surface area (Å²) in [5.41, 5.74) is 2.78. The van der Waals surface area contributed by atoms with Crippen LogP contribution in [0.2, 0.25) is 0 Å². The van der Waals surface area contributed by atoms with E-state index in [1.54, 1.807) is 0 Å². The zero-order chi connectivity index (χ0) is 14.7. The van der Waals surface area contributed by atoms with Crippen molar-refractivity contribution < 1.29 is 9.84 Å². The number of fused-ring (bicyclic) bond motifs is 1. The van der Waals surface area contributed by atoms with Gasteiger partial charge in [-0.15, -0.1) is 0 Å². The van der Waals surface area contributed by atoms with Gasteiger partial charge in [0.25, 0.3) is 0 Å². The Balaban J connectivity index is 1.94. The lowest BCUT2D eigenvalue weighted by Gasteiger charge is -2.14. The molecule has 3 heteroatoms. The highest BCUT2D eigenvalue weighted by Gasteiger charge is 2.14. The molecule has 1 unspecified atom stereocenters. The Morgan fingerprint density at radius 1 is 1.14 bits per heavy atom. The Kier molecular flexibility index (Phi) is 3.93. The van der Waals surface area contributed by atoms with E-state index in [-0.39, 0.29) is 0 Å². The van der Waals surface area contributed by atoms with Crippen molar-refractivity contribution >= 4 is 10.9 Å². The summed E-state index contributed by atoms with van der Waals surface area (Å²) < 4.78 is 5.64. The van der Waals surface area contributed by atoms with E-state index in [0.717, 1.165) is 34.2 Å². The highest BCUT2D eigenvalue weighted by atomic mass is 16.5. The van der Waals surface area contributed by atoms with Gasteiger partial charge >= 0.3 is 0 Å². The van der Waals surface area contributed by atoms with Crippen molar-refractivity contribution in [1.29, 1.82) is 0 Å². The van der Waals surface area contributed by atoms with Crippen LogP contribution in [-0.4, -0.2) is 16.7 Å². The minimum atomic E-state index is -0.658. The van der Waals surface area contributed by atoms with E-state index in [4.69, 9.17) is 4.74 Å². The topological polar surface area (TPSA) is 45.2 Å². The summed E-state index contributed by atoms with van der Waals surface area (Å²) in [7, 11) is 0. The molecule has 108 valence electrons. The average Bonchev–Trinajstić information content (AvgIpc) is 3.01. The van der Waals surface area contributed by atoms with Gasteiger partial charge in [0.2, 0.25) is 0 Å². The Morgan fingerprint density at radius 2 is 2.00 bits per heavy atom. The molecule has 0 aliphatic rings. The predicted molar refractivity (Wildman–Crippen MR) is 84.6 cm³/mol. The molecule has 1 aromatic heterocycles. The third-order valence-electron chi connectivity index (χ3n) is 3.57. The SMILES string of the molecule is CCCOc1cccc(C(O)c2cccc3[nH]ccc23)c1. The second-order valence-corrected chi connectivity index (χ2v) is 5.11. The molecule has 0 fully saturated rings. The Morgan fingerprint density at radius 3 is 2.86 bits per heavy atom. The first kappa shape index (κ1) is 13.7. The predicted octanol–water partition coefficient (Wildman–Crippen LogP) is 4.04. The number of benzene rings is 2. The van der Waals surface area contributed by atoms with Crippen LogP contribution in [0.3, 0.4) is 0 Å². The van der Waals surface area contributed by atoms with E-state index in [0.29, 0.717) is 6.61 Å². The van der Waals surface area contributed by atoms with Gasteiger partial charge in [-0.05, 0) is 41.8 Å². The number of rotatable bonds is 5. The molecule has 0 amide bonds. The van der Waals surface area contributed by atoms with Crippen LogP contribution in [0.15, 0.2) is 54.7 Å². The Hall–Kier alpha value is -2.26. The van der Waals surface area contributed by atoms with Crippen LogP contribution >= 0.6 is 0 Å². The zero-order valence-corrected chi connectivity index (χ0v) is 12.0. The maximum absolute atomic E-state index is 10.7. The molecular formula is C18H19NO2. The molecule has 21 heavy (non-hydrogen) atoms. The molecule has 0 saturated carbocycles. The molecule has 2 aromatic carbocycles. The lowest BCUT2D eigenvalue weighted by molar-refractivity contribution is 0.221. The number of aromatic nitrogens is 1. The van der Waals surface area contributed by atoms with E-state index < -0.39 is 6.10 Å². The summed E-state index contributed by atoms with van der Waals surface area (Å²) in [6, 6.07) is 15.6. The fraction of sp³-hybridized carbons (Fsp3) is 0.222. The van der Waals surface area contributed by atoms with Gasteiger partial charge < -0.3 is 14.8 Å². The summed E-state index contributed by atoms with van der Waals surface area (Å²) in [4.78, 5) is 3.17. The highest BCUT2D eigenvalue weighted by molar-refractivity contribution is 5.83. The van der Waals surface area contributed by atoms with Crippen LogP contribution in [0.25, 0.3) is 10.9 Å². The molecule has 0 spiro atoms. The van der Waals surface area contributed by atoms with Gasteiger partial charge in [-0.25, -0.2) is 0 Å². The molecule has 3 nitrogen and oxygen atoms in total. The van der Waals surface area contributed by atoms with Crippen LogP contribution < -0.4 is 4.74 Å². The molecule has 0 radical (unpaired) electrons. The van der Waals surface area contributed by atoms with Crippen molar-refractivity contribution in [2.24, 2.45) is 0 Å². The molecule has 0 aliphatic carbocycles. The largest absolute Gasteiger partial charge is 0.494 e. The van der Waals surface area contributed by atoms with Crippen LogP contribution in [0.1, 0.15) is 30.6 Å². The summed E-state index contributed by atoms with van der Waals surface area (Å²) in [6.07, 6.45) is 2.20. The van der Waals surface area contributed by atoms with E-state index in [2.05, 4.69) is 11.9 Å².